The van der Waals surface area contributed by atoms with Gasteiger partial charge in [-0.15, -0.1) is 0 Å². The van der Waals surface area contributed by atoms with E-state index in [0.29, 0.717) is 5.41 Å². The van der Waals surface area contributed by atoms with Gasteiger partial charge in [-0.05, 0) is 49.1 Å². The normalized spacial score (nSPS) is 21.5. The second kappa shape index (κ2) is 3.62. The molecule has 2 nitrogen and oxygen atoms in total. The second-order valence-corrected chi connectivity index (χ2v) is 5.19. The molecule has 0 radical (unpaired) electrons. The summed E-state index contributed by atoms with van der Waals surface area (Å²) in [6.07, 6.45) is 5.38. The predicted octanol–water partition coefficient (Wildman–Crippen LogP) is 2.61. The highest BCUT2D eigenvalue weighted by atomic mass is 16.1. The summed E-state index contributed by atoms with van der Waals surface area (Å²) in [5, 5.41) is 3.08. The molecule has 2 aliphatic rings. The van der Waals surface area contributed by atoms with Crippen LogP contribution in [0.3, 0.4) is 0 Å². The van der Waals surface area contributed by atoms with E-state index in [-0.39, 0.29) is 5.91 Å². The van der Waals surface area contributed by atoms with Crippen molar-refractivity contribution < 1.29 is 4.79 Å². The molecule has 84 valence electrons. The molecule has 2 aliphatic carbocycles. The topological polar surface area (TPSA) is 29.1 Å². The third-order valence-corrected chi connectivity index (χ3v) is 3.97. The first kappa shape index (κ1) is 9.88. The Kier molecular flexibility index (Phi) is 2.23. The predicted molar refractivity (Wildman–Crippen MR) is 63.2 cm³/mol. The molecule has 0 spiro atoms. The van der Waals surface area contributed by atoms with Crippen LogP contribution in [0, 0.1) is 11.3 Å². The van der Waals surface area contributed by atoms with Gasteiger partial charge in [0.2, 0.25) is 0 Å². The molecule has 2 saturated carbocycles. The molecule has 16 heavy (non-hydrogen) atoms. The SMILES string of the molecule is O=C(NCC1(C2CC2)CC1)c1ccccc1. The fraction of sp³-hybridized carbons (Fsp3) is 0.500. The van der Waals surface area contributed by atoms with E-state index in [0.717, 1.165) is 18.0 Å². The summed E-state index contributed by atoms with van der Waals surface area (Å²) in [6.45, 7) is 0.880. The minimum atomic E-state index is 0.0764. The lowest BCUT2D eigenvalue weighted by molar-refractivity contribution is 0.0942. The summed E-state index contributed by atoms with van der Waals surface area (Å²) in [5.41, 5.74) is 1.26. The van der Waals surface area contributed by atoms with Crippen LogP contribution in [0.4, 0.5) is 0 Å². The molecule has 1 amide bonds. The summed E-state index contributed by atoms with van der Waals surface area (Å²) in [7, 11) is 0. The van der Waals surface area contributed by atoms with Crippen molar-refractivity contribution in [2.45, 2.75) is 25.7 Å². The average molecular weight is 215 g/mol. The largest absolute Gasteiger partial charge is 0.351 e. The summed E-state index contributed by atoms with van der Waals surface area (Å²) in [4.78, 5) is 11.9. The van der Waals surface area contributed by atoms with Crippen LogP contribution in [0.15, 0.2) is 30.3 Å². The van der Waals surface area contributed by atoms with Crippen LogP contribution in [0.2, 0.25) is 0 Å². The molecule has 0 saturated heterocycles. The maximum Gasteiger partial charge on any atom is 0.251 e. The molecule has 0 aliphatic heterocycles. The lowest BCUT2D eigenvalue weighted by Crippen LogP contribution is -2.31. The smallest absolute Gasteiger partial charge is 0.251 e. The molecule has 0 heterocycles. The maximum atomic E-state index is 11.9. The summed E-state index contributed by atoms with van der Waals surface area (Å²) in [5.74, 6) is 0.982. The van der Waals surface area contributed by atoms with E-state index in [2.05, 4.69) is 5.32 Å². The highest BCUT2D eigenvalue weighted by Gasteiger charge is 2.53. The van der Waals surface area contributed by atoms with E-state index in [1.807, 2.05) is 30.3 Å². The van der Waals surface area contributed by atoms with Gasteiger partial charge in [0.15, 0.2) is 0 Å². The highest BCUT2D eigenvalue weighted by molar-refractivity contribution is 5.94. The number of carbonyl (C=O) groups excluding carboxylic acids is 1. The first-order valence-corrected chi connectivity index (χ1v) is 6.13. The Balaban J connectivity index is 1.57. The van der Waals surface area contributed by atoms with Crippen LogP contribution >= 0.6 is 0 Å². The Labute approximate surface area is 96.1 Å². The van der Waals surface area contributed by atoms with Gasteiger partial charge in [-0.2, -0.15) is 0 Å². The highest BCUT2D eigenvalue weighted by Crippen LogP contribution is 2.60. The van der Waals surface area contributed by atoms with Crippen LogP contribution in [0.25, 0.3) is 0 Å². The van der Waals surface area contributed by atoms with Crippen molar-refractivity contribution in [1.82, 2.24) is 5.32 Å². The Hall–Kier alpha value is -1.31. The summed E-state index contributed by atoms with van der Waals surface area (Å²) < 4.78 is 0. The van der Waals surface area contributed by atoms with Crippen LogP contribution < -0.4 is 5.32 Å². The Morgan fingerprint density at radius 2 is 1.94 bits per heavy atom. The molecular weight excluding hydrogens is 198 g/mol. The van der Waals surface area contributed by atoms with E-state index >= 15 is 0 Å². The molecule has 1 N–H and O–H groups in total. The van der Waals surface area contributed by atoms with Crippen molar-refractivity contribution in [3.8, 4) is 0 Å². The minimum Gasteiger partial charge on any atom is -0.351 e. The Bertz CT molecular complexity index is 390. The first-order chi connectivity index (χ1) is 7.80. The third-order valence-electron chi connectivity index (χ3n) is 3.97. The number of carbonyl (C=O) groups is 1. The van der Waals surface area contributed by atoms with E-state index in [1.54, 1.807) is 0 Å². The van der Waals surface area contributed by atoms with Crippen molar-refractivity contribution in [2.75, 3.05) is 6.54 Å². The van der Waals surface area contributed by atoms with Crippen molar-refractivity contribution in [2.24, 2.45) is 11.3 Å². The van der Waals surface area contributed by atoms with Gasteiger partial charge in [0.05, 0.1) is 0 Å². The number of amides is 1. The number of rotatable bonds is 4. The summed E-state index contributed by atoms with van der Waals surface area (Å²) >= 11 is 0. The van der Waals surface area contributed by atoms with Crippen molar-refractivity contribution >= 4 is 5.91 Å². The summed E-state index contributed by atoms with van der Waals surface area (Å²) in [6, 6.07) is 9.48. The Morgan fingerprint density at radius 3 is 2.50 bits per heavy atom. The van der Waals surface area contributed by atoms with Crippen LogP contribution in [-0.2, 0) is 0 Å². The quantitative estimate of drug-likeness (QED) is 0.821. The molecule has 2 heteroatoms. The van der Waals surface area contributed by atoms with E-state index < -0.39 is 0 Å². The zero-order valence-electron chi connectivity index (χ0n) is 9.41. The standard InChI is InChI=1S/C14H17NO/c16-13(11-4-2-1-3-5-11)15-10-14(8-9-14)12-6-7-12/h1-5,12H,6-10H2,(H,15,16). The van der Waals surface area contributed by atoms with Gasteiger partial charge in [0.1, 0.15) is 0 Å². The van der Waals surface area contributed by atoms with Crippen LogP contribution in [0.1, 0.15) is 36.0 Å². The van der Waals surface area contributed by atoms with Gasteiger partial charge in [0, 0.05) is 12.1 Å². The monoisotopic (exact) mass is 215 g/mol. The molecule has 0 atom stereocenters. The molecule has 0 unspecified atom stereocenters. The first-order valence-electron chi connectivity index (χ1n) is 6.13. The molecule has 2 fully saturated rings. The second-order valence-electron chi connectivity index (χ2n) is 5.19. The molecule has 3 rings (SSSR count). The molecule has 1 aromatic carbocycles. The minimum absolute atomic E-state index is 0.0764. The van der Waals surface area contributed by atoms with Gasteiger partial charge in [0.25, 0.3) is 5.91 Å². The van der Waals surface area contributed by atoms with Gasteiger partial charge >= 0.3 is 0 Å². The Morgan fingerprint density at radius 1 is 1.25 bits per heavy atom. The van der Waals surface area contributed by atoms with Crippen LogP contribution in [0.5, 0.6) is 0 Å². The van der Waals surface area contributed by atoms with Gasteiger partial charge in [-0.3, -0.25) is 4.79 Å². The average Bonchev–Trinajstić information content (AvgIpc) is 3.17. The molecule has 0 bridgehead atoms. The van der Waals surface area contributed by atoms with Gasteiger partial charge in [-0.1, -0.05) is 18.2 Å². The van der Waals surface area contributed by atoms with Crippen LogP contribution in [-0.4, -0.2) is 12.5 Å². The number of hydrogen-bond acceptors (Lipinski definition) is 1. The van der Waals surface area contributed by atoms with E-state index in [4.69, 9.17) is 0 Å². The maximum absolute atomic E-state index is 11.9. The van der Waals surface area contributed by atoms with Crippen molar-refractivity contribution in [1.29, 1.82) is 0 Å². The molecule has 1 aromatic rings. The van der Waals surface area contributed by atoms with Gasteiger partial charge < -0.3 is 5.32 Å². The lowest BCUT2D eigenvalue weighted by atomic mass is 10.0. The molecular formula is C14H17NO. The lowest BCUT2D eigenvalue weighted by Gasteiger charge is -2.14. The number of nitrogens with one attached hydrogen (secondary N) is 1. The van der Waals surface area contributed by atoms with Gasteiger partial charge in [-0.25, -0.2) is 0 Å². The van der Waals surface area contributed by atoms with E-state index in [9.17, 15) is 4.79 Å². The zero-order valence-corrected chi connectivity index (χ0v) is 9.41. The fourth-order valence-electron chi connectivity index (χ4n) is 2.53. The number of hydrogen-bond donors (Lipinski definition) is 1. The fourth-order valence-corrected chi connectivity index (χ4v) is 2.53. The number of benzene rings is 1. The zero-order chi connectivity index (χ0) is 11.0. The molecule has 0 aromatic heterocycles. The van der Waals surface area contributed by atoms with Crippen molar-refractivity contribution in [3.63, 3.8) is 0 Å². The third kappa shape index (κ3) is 1.84. The van der Waals surface area contributed by atoms with E-state index in [1.165, 1.54) is 25.7 Å². The van der Waals surface area contributed by atoms with Crippen molar-refractivity contribution in [3.05, 3.63) is 35.9 Å².